The Labute approximate surface area is 230 Å². The Kier molecular flexibility index (Phi) is 7.49. The molecule has 5 rings (SSSR count). The molecule has 0 spiro atoms. The lowest BCUT2D eigenvalue weighted by Gasteiger charge is -2.08. The third-order valence-electron chi connectivity index (χ3n) is 6.15. The van der Waals surface area contributed by atoms with Crippen LogP contribution < -0.4 is 10.1 Å². The van der Waals surface area contributed by atoms with E-state index in [0.29, 0.717) is 33.7 Å². The summed E-state index contributed by atoms with van der Waals surface area (Å²) in [5.74, 6) is 0.386. The Bertz CT molecular complexity index is 1580. The minimum atomic E-state index is -0.328. The van der Waals surface area contributed by atoms with Crippen LogP contribution in [0.25, 0.3) is 11.1 Å². The summed E-state index contributed by atoms with van der Waals surface area (Å²) in [4.78, 5) is 12.9. The highest BCUT2D eigenvalue weighted by Crippen LogP contribution is 2.26. The van der Waals surface area contributed by atoms with Gasteiger partial charge in [-0.2, -0.15) is 10.2 Å². The standard InChI is InChI=1S/C29H25Cl2N5O2/c1-19-28(20(2)36(33-19)17-23-8-11-24(30)16-26(23)31)32-29(37)27-14-15-35(34-27)18-38-25-12-9-22(10-13-25)21-6-4-3-5-7-21/h3-16H,17-18H2,1-2H3,(H,32,37). The molecule has 1 N–H and O–H groups in total. The smallest absolute Gasteiger partial charge is 0.276 e. The number of anilines is 1. The molecule has 0 aliphatic heterocycles. The van der Waals surface area contributed by atoms with Crippen LogP contribution in [0, 0.1) is 13.8 Å². The third kappa shape index (κ3) is 5.74. The number of amides is 1. The number of hydrogen-bond donors (Lipinski definition) is 1. The highest BCUT2D eigenvalue weighted by molar-refractivity contribution is 6.35. The summed E-state index contributed by atoms with van der Waals surface area (Å²) < 4.78 is 9.22. The van der Waals surface area contributed by atoms with Gasteiger partial charge in [-0.05, 0) is 60.9 Å². The van der Waals surface area contributed by atoms with Crippen molar-refractivity contribution in [2.75, 3.05) is 5.32 Å². The Balaban J connectivity index is 1.21. The van der Waals surface area contributed by atoms with Crippen molar-refractivity contribution in [2.24, 2.45) is 0 Å². The predicted octanol–water partition coefficient (Wildman–Crippen LogP) is 7.01. The first kappa shape index (κ1) is 25.6. The van der Waals surface area contributed by atoms with Gasteiger partial charge < -0.3 is 10.1 Å². The monoisotopic (exact) mass is 545 g/mol. The molecule has 0 unspecified atom stereocenters. The van der Waals surface area contributed by atoms with Gasteiger partial charge in [-0.25, -0.2) is 4.68 Å². The van der Waals surface area contributed by atoms with Gasteiger partial charge >= 0.3 is 0 Å². The maximum atomic E-state index is 12.9. The van der Waals surface area contributed by atoms with E-state index < -0.39 is 0 Å². The zero-order chi connectivity index (χ0) is 26.6. The molecule has 5 aromatic rings. The SMILES string of the molecule is Cc1nn(Cc2ccc(Cl)cc2Cl)c(C)c1NC(=O)c1ccn(COc2ccc(-c3ccccc3)cc2)n1. The molecule has 38 heavy (non-hydrogen) atoms. The molecule has 2 aromatic heterocycles. The molecular weight excluding hydrogens is 521 g/mol. The Hall–Kier alpha value is -4.07. The zero-order valence-corrected chi connectivity index (χ0v) is 22.4. The first-order valence-electron chi connectivity index (χ1n) is 12.0. The lowest BCUT2D eigenvalue weighted by molar-refractivity contribution is 0.102. The number of rotatable bonds is 8. The van der Waals surface area contributed by atoms with Crippen molar-refractivity contribution in [1.82, 2.24) is 19.6 Å². The molecule has 3 aromatic carbocycles. The van der Waals surface area contributed by atoms with E-state index in [0.717, 1.165) is 22.4 Å². The van der Waals surface area contributed by atoms with Crippen LogP contribution in [0.1, 0.15) is 27.4 Å². The lowest BCUT2D eigenvalue weighted by atomic mass is 10.1. The van der Waals surface area contributed by atoms with Gasteiger partial charge in [0.25, 0.3) is 5.91 Å². The van der Waals surface area contributed by atoms with E-state index >= 15 is 0 Å². The van der Waals surface area contributed by atoms with Crippen LogP contribution >= 0.6 is 23.2 Å². The van der Waals surface area contributed by atoms with Crippen molar-refractivity contribution in [1.29, 1.82) is 0 Å². The number of nitrogens with zero attached hydrogens (tertiary/aromatic N) is 4. The van der Waals surface area contributed by atoms with Crippen molar-refractivity contribution in [3.05, 3.63) is 118 Å². The average Bonchev–Trinajstić information content (AvgIpc) is 3.50. The van der Waals surface area contributed by atoms with Gasteiger partial charge in [0.05, 0.1) is 23.6 Å². The fraction of sp³-hybridized carbons (Fsp3) is 0.138. The number of carbonyl (C=O) groups excluding carboxylic acids is 1. The molecule has 1 amide bonds. The Morgan fingerprint density at radius 2 is 1.66 bits per heavy atom. The molecule has 0 aliphatic carbocycles. The summed E-state index contributed by atoms with van der Waals surface area (Å²) in [7, 11) is 0. The summed E-state index contributed by atoms with van der Waals surface area (Å²) >= 11 is 12.3. The molecule has 0 fully saturated rings. The number of benzene rings is 3. The summed E-state index contributed by atoms with van der Waals surface area (Å²) in [6.45, 7) is 4.37. The maximum Gasteiger partial charge on any atom is 0.276 e. The molecule has 0 saturated carbocycles. The van der Waals surface area contributed by atoms with Crippen LogP contribution in [0.15, 0.2) is 85.1 Å². The largest absolute Gasteiger partial charge is 0.471 e. The highest BCUT2D eigenvalue weighted by Gasteiger charge is 2.18. The topological polar surface area (TPSA) is 74.0 Å². The first-order chi connectivity index (χ1) is 18.4. The van der Waals surface area contributed by atoms with Crippen LogP contribution in [-0.2, 0) is 13.3 Å². The molecule has 2 heterocycles. The molecule has 7 nitrogen and oxygen atoms in total. The molecular formula is C29H25Cl2N5O2. The molecule has 0 saturated heterocycles. The summed E-state index contributed by atoms with van der Waals surface area (Å²) in [5.41, 5.74) is 5.57. The van der Waals surface area contributed by atoms with Crippen LogP contribution in [-0.4, -0.2) is 25.5 Å². The molecule has 0 radical (unpaired) electrons. The van der Waals surface area contributed by atoms with E-state index in [1.807, 2.05) is 62.4 Å². The second-order valence-electron chi connectivity index (χ2n) is 8.80. The van der Waals surface area contributed by atoms with Crippen LogP contribution in [0.3, 0.4) is 0 Å². The second-order valence-corrected chi connectivity index (χ2v) is 9.64. The number of carbonyl (C=O) groups is 1. The summed E-state index contributed by atoms with van der Waals surface area (Å²) in [6.07, 6.45) is 1.71. The van der Waals surface area contributed by atoms with Crippen molar-refractivity contribution >= 4 is 34.8 Å². The predicted molar refractivity (Wildman–Crippen MR) is 150 cm³/mol. The fourth-order valence-electron chi connectivity index (χ4n) is 4.09. The lowest BCUT2D eigenvalue weighted by Crippen LogP contribution is -2.15. The van der Waals surface area contributed by atoms with Gasteiger partial charge in [-0.1, -0.05) is 71.7 Å². The minimum absolute atomic E-state index is 0.176. The van der Waals surface area contributed by atoms with E-state index in [9.17, 15) is 4.79 Å². The number of ether oxygens (including phenoxy) is 1. The van der Waals surface area contributed by atoms with Gasteiger partial charge in [0, 0.05) is 16.2 Å². The van der Waals surface area contributed by atoms with Crippen LogP contribution in [0.5, 0.6) is 5.75 Å². The number of hydrogen-bond acceptors (Lipinski definition) is 4. The van der Waals surface area contributed by atoms with E-state index in [1.165, 1.54) is 0 Å². The van der Waals surface area contributed by atoms with Crippen molar-refractivity contribution < 1.29 is 9.53 Å². The molecule has 0 bridgehead atoms. The number of aromatic nitrogens is 4. The van der Waals surface area contributed by atoms with Crippen molar-refractivity contribution in [2.45, 2.75) is 27.1 Å². The summed E-state index contributed by atoms with van der Waals surface area (Å²) in [6, 6.07) is 25.0. The number of aryl methyl sites for hydroxylation is 1. The first-order valence-corrected chi connectivity index (χ1v) is 12.7. The normalized spacial score (nSPS) is 10.9. The van der Waals surface area contributed by atoms with Gasteiger partial charge in [-0.15, -0.1) is 0 Å². The maximum absolute atomic E-state index is 12.9. The molecule has 9 heteroatoms. The highest BCUT2D eigenvalue weighted by atomic mass is 35.5. The van der Waals surface area contributed by atoms with Gasteiger partial charge in [0.15, 0.2) is 12.4 Å². The molecule has 192 valence electrons. The molecule has 0 aliphatic rings. The van der Waals surface area contributed by atoms with Gasteiger partial charge in [0.2, 0.25) is 0 Å². The third-order valence-corrected chi connectivity index (χ3v) is 6.74. The van der Waals surface area contributed by atoms with E-state index in [1.54, 1.807) is 33.8 Å². The van der Waals surface area contributed by atoms with E-state index in [4.69, 9.17) is 27.9 Å². The molecule has 0 atom stereocenters. The summed E-state index contributed by atoms with van der Waals surface area (Å²) in [5, 5.41) is 13.0. The van der Waals surface area contributed by atoms with Crippen molar-refractivity contribution in [3.8, 4) is 16.9 Å². The van der Waals surface area contributed by atoms with E-state index in [-0.39, 0.29) is 18.3 Å². The van der Waals surface area contributed by atoms with E-state index in [2.05, 4.69) is 27.6 Å². The van der Waals surface area contributed by atoms with Crippen LogP contribution in [0.4, 0.5) is 5.69 Å². The minimum Gasteiger partial charge on any atom is -0.471 e. The van der Waals surface area contributed by atoms with Gasteiger partial charge in [-0.3, -0.25) is 9.48 Å². The Morgan fingerprint density at radius 3 is 2.39 bits per heavy atom. The van der Waals surface area contributed by atoms with Crippen LogP contribution in [0.2, 0.25) is 10.0 Å². The van der Waals surface area contributed by atoms with Crippen molar-refractivity contribution in [3.63, 3.8) is 0 Å². The number of halogens is 2. The van der Waals surface area contributed by atoms with Gasteiger partial charge in [0.1, 0.15) is 5.75 Å². The number of nitrogens with one attached hydrogen (secondary N) is 1. The zero-order valence-electron chi connectivity index (χ0n) is 20.9. The Morgan fingerprint density at radius 1 is 0.921 bits per heavy atom. The second kappa shape index (κ2) is 11.1. The fourth-order valence-corrected chi connectivity index (χ4v) is 4.56. The average molecular weight is 546 g/mol. The quantitative estimate of drug-likeness (QED) is 0.227.